The van der Waals surface area contributed by atoms with Gasteiger partial charge in [0.25, 0.3) is 0 Å². The molecule has 0 saturated carbocycles. The molecule has 0 aliphatic carbocycles. The zero-order chi connectivity index (χ0) is 14.7. The van der Waals surface area contributed by atoms with Crippen molar-refractivity contribution in [3.8, 4) is 0 Å². The lowest BCUT2D eigenvalue weighted by atomic mass is 10.1. The van der Waals surface area contributed by atoms with Crippen LogP contribution in [-0.4, -0.2) is 10.1 Å². The lowest BCUT2D eigenvalue weighted by molar-refractivity contribution is 0.1000. The summed E-state index contributed by atoms with van der Waals surface area (Å²) in [4.78, 5) is 11.2. The molecule has 0 fully saturated rings. The van der Waals surface area contributed by atoms with E-state index in [1.54, 1.807) is 24.3 Å². The second-order valence-corrected chi connectivity index (χ2v) is 5.66. The van der Waals surface area contributed by atoms with E-state index in [-0.39, 0.29) is 16.3 Å². The molecule has 4 nitrogen and oxygen atoms in total. The first kappa shape index (κ1) is 14.2. The molecule has 6 heteroatoms. The van der Waals surface area contributed by atoms with E-state index >= 15 is 0 Å². The van der Waals surface area contributed by atoms with Crippen molar-refractivity contribution in [3.05, 3.63) is 59.4 Å². The minimum atomic E-state index is -1.56. The van der Waals surface area contributed by atoms with Gasteiger partial charge in [0.15, 0.2) is 0 Å². The number of hydrogen-bond acceptors (Lipinski definition) is 3. The van der Waals surface area contributed by atoms with Crippen molar-refractivity contribution >= 4 is 22.4 Å². The smallest absolute Gasteiger partial charge is 0.248 e. The summed E-state index contributed by atoms with van der Waals surface area (Å²) < 4.78 is 25.8. The molecule has 0 spiro atoms. The number of hydrogen-bond donors (Lipinski definition) is 2. The van der Waals surface area contributed by atoms with Gasteiger partial charge < -0.3 is 11.5 Å². The Morgan fingerprint density at radius 3 is 2.60 bits per heavy atom. The predicted octanol–water partition coefficient (Wildman–Crippen LogP) is 1.81. The minimum Gasteiger partial charge on any atom is -0.399 e. The van der Waals surface area contributed by atoms with Crippen LogP contribution in [0.4, 0.5) is 10.1 Å². The molecule has 0 saturated heterocycles. The third-order valence-electron chi connectivity index (χ3n) is 2.71. The minimum absolute atomic E-state index is 0.0867. The molecule has 0 aliphatic rings. The summed E-state index contributed by atoms with van der Waals surface area (Å²) in [5, 5.41) is 0. The van der Waals surface area contributed by atoms with Gasteiger partial charge in [0.1, 0.15) is 5.82 Å². The molecule has 0 aliphatic heterocycles. The van der Waals surface area contributed by atoms with Crippen LogP contribution in [-0.2, 0) is 16.6 Å². The molecule has 0 radical (unpaired) electrons. The number of nitrogen functional groups attached to an aromatic ring is 1. The summed E-state index contributed by atoms with van der Waals surface area (Å²) in [6.45, 7) is 0. The zero-order valence-corrected chi connectivity index (χ0v) is 11.3. The number of halogens is 1. The van der Waals surface area contributed by atoms with Gasteiger partial charge >= 0.3 is 0 Å². The Hall–Kier alpha value is -2.21. The third kappa shape index (κ3) is 3.21. The highest BCUT2D eigenvalue weighted by Crippen LogP contribution is 2.19. The van der Waals surface area contributed by atoms with Crippen molar-refractivity contribution in [1.82, 2.24) is 0 Å². The van der Waals surface area contributed by atoms with Crippen LogP contribution >= 0.6 is 0 Å². The van der Waals surface area contributed by atoms with Gasteiger partial charge in [0.2, 0.25) is 5.91 Å². The summed E-state index contributed by atoms with van der Waals surface area (Å²) in [6.07, 6.45) is 0. The first-order valence-corrected chi connectivity index (χ1v) is 7.11. The Morgan fingerprint density at radius 1 is 1.20 bits per heavy atom. The van der Waals surface area contributed by atoms with Crippen LogP contribution in [0.5, 0.6) is 0 Å². The Balaban J connectivity index is 2.23. The molecule has 1 atom stereocenters. The maximum Gasteiger partial charge on any atom is 0.248 e. The standard InChI is InChI=1S/C14H13FN2O2S/c15-12-7-11(16)4-5-13(12)20(19)8-9-2-1-3-10(6-9)14(17)18/h1-7H,8,16H2,(H2,17,18). The van der Waals surface area contributed by atoms with E-state index in [0.717, 1.165) is 6.07 Å². The second-order valence-electron chi connectivity index (χ2n) is 4.24. The lowest BCUT2D eigenvalue weighted by Crippen LogP contribution is -2.11. The topological polar surface area (TPSA) is 86.2 Å². The van der Waals surface area contributed by atoms with Crippen LogP contribution in [0.3, 0.4) is 0 Å². The van der Waals surface area contributed by atoms with Gasteiger partial charge in [0.05, 0.1) is 21.4 Å². The highest BCUT2D eigenvalue weighted by atomic mass is 32.2. The normalized spacial score (nSPS) is 12.1. The van der Waals surface area contributed by atoms with Crippen LogP contribution in [0.25, 0.3) is 0 Å². The van der Waals surface area contributed by atoms with Gasteiger partial charge in [-0.3, -0.25) is 9.00 Å². The average molecular weight is 292 g/mol. The Kier molecular flexibility index (Phi) is 4.14. The molecule has 2 aromatic carbocycles. The SMILES string of the molecule is NC(=O)c1cccc(CS(=O)c2ccc(N)cc2F)c1. The van der Waals surface area contributed by atoms with Crippen LogP contribution < -0.4 is 11.5 Å². The molecule has 104 valence electrons. The van der Waals surface area contributed by atoms with Crippen LogP contribution in [0.1, 0.15) is 15.9 Å². The number of primary amides is 1. The van der Waals surface area contributed by atoms with Gasteiger partial charge in [-0.05, 0) is 35.9 Å². The molecular weight excluding hydrogens is 279 g/mol. The van der Waals surface area contributed by atoms with Crippen LogP contribution in [0, 0.1) is 5.82 Å². The predicted molar refractivity (Wildman–Crippen MR) is 75.9 cm³/mol. The maximum absolute atomic E-state index is 13.7. The number of rotatable bonds is 4. The Morgan fingerprint density at radius 2 is 1.95 bits per heavy atom. The third-order valence-corrected chi connectivity index (χ3v) is 4.13. The molecule has 1 amide bonds. The summed E-state index contributed by atoms with van der Waals surface area (Å²) in [5.74, 6) is -1.06. The van der Waals surface area contributed by atoms with Gasteiger partial charge in [-0.1, -0.05) is 12.1 Å². The van der Waals surface area contributed by atoms with Crippen LogP contribution in [0.2, 0.25) is 0 Å². The van der Waals surface area contributed by atoms with Crippen molar-refractivity contribution < 1.29 is 13.4 Å². The molecule has 1 unspecified atom stereocenters. The number of amides is 1. The fraction of sp³-hybridized carbons (Fsp3) is 0.0714. The van der Waals surface area contributed by atoms with Crippen molar-refractivity contribution in [2.24, 2.45) is 5.73 Å². The summed E-state index contributed by atoms with van der Waals surface area (Å²) >= 11 is 0. The number of anilines is 1. The summed E-state index contributed by atoms with van der Waals surface area (Å²) in [7, 11) is -1.56. The van der Waals surface area contributed by atoms with Gasteiger partial charge in [0, 0.05) is 11.3 Å². The second kappa shape index (κ2) is 5.83. The monoisotopic (exact) mass is 292 g/mol. The fourth-order valence-electron chi connectivity index (χ4n) is 1.75. The molecule has 20 heavy (non-hydrogen) atoms. The van der Waals surface area contributed by atoms with E-state index in [1.807, 2.05) is 0 Å². The van der Waals surface area contributed by atoms with Gasteiger partial charge in [-0.2, -0.15) is 0 Å². The Labute approximate surface area is 118 Å². The van der Waals surface area contributed by atoms with Crippen molar-refractivity contribution in [2.75, 3.05) is 5.73 Å². The maximum atomic E-state index is 13.7. The first-order valence-electron chi connectivity index (χ1n) is 5.79. The van der Waals surface area contributed by atoms with Gasteiger partial charge in [-0.15, -0.1) is 0 Å². The molecule has 0 heterocycles. The van der Waals surface area contributed by atoms with Crippen molar-refractivity contribution in [2.45, 2.75) is 10.6 Å². The van der Waals surface area contributed by atoms with E-state index in [1.165, 1.54) is 12.1 Å². The summed E-state index contributed by atoms with van der Waals surface area (Å²) in [6, 6.07) is 10.5. The first-order chi connectivity index (χ1) is 9.47. The number of nitrogens with two attached hydrogens (primary N) is 2. The highest BCUT2D eigenvalue weighted by Gasteiger charge is 2.12. The summed E-state index contributed by atoms with van der Waals surface area (Å²) in [5.41, 5.74) is 11.9. The van der Waals surface area contributed by atoms with E-state index in [4.69, 9.17) is 11.5 Å². The molecular formula is C14H13FN2O2S. The number of carbonyl (C=O) groups is 1. The molecule has 2 aromatic rings. The molecule has 2 rings (SSSR count). The quantitative estimate of drug-likeness (QED) is 0.843. The fourth-order valence-corrected chi connectivity index (χ4v) is 2.88. The molecule has 4 N–H and O–H groups in total. The molecule has 0 bridgehead atoms. The average Bonchev–Trinajstić information content (AvgIpc) is 2.38. The van der Waals surface area contributed by atoms with Crippen molar-refractivity contribution in [3.63, 3.8) is 0 Å². The number of carbonyl (C=O) groups excluding carboxylic acids is 1. The largest absolute Gasteiger partial charge is 0.399 e. The zero-order valence-electron chi connectivity index (χ0n) is 10.5. The Bertz CT molecular complexity index is 689. The van der Waals surface area contributed by atoms with Gasteiger partial charge in [-0.25, -0.2) is 4.39 Å². The number of benzene rings is 2. The molecule has 0 aromatic heterocycles. The van der Waals surface area contributed by atoms with Crippen molar-refractivity contribution in [1.29, 1.82) is 0 Å². The van der Waals surface area contributed by atoms with E-state index in [2.05, 4.69) is 0 Å². The van der Waals surface area contributed by atoms with E-state index in [0.29, 0.717) is 11.1 Å². The van der Waals surface area contributed by atoms with E-state index < -0.39 is 22.5 Å². The lowest BCUT2D eigenvalue weighted by Gasteiger charge is -2.06. The highest BCUT2D eigenvalue weighted by molar-refractivity contribution is 7.84. The van der Waals surface area contributed by atoms with E-state index in [9.17, 15) is 13.4 Å². The van der Waals surface area contributed by atoms with Crippen LogP contribution in [0.15, 0.2) is 47.4 Å².